The number of fused-ring (bicyclic) bond motifs is 1. The molecule has 4 aromatic rings. The fourth-order valence-electron chi connectivity index (χ4n) is 3.85. The Hall–Kier alpha value is -3.63. The molecule has 0 fully saturated rings. The van der Waals surface area contributed by atoms with Crippen LogP contribution in [0, 0.1) is 0 Å². The summed E-state index contributed by atoms with van der Waals surface area (Å²) in [6.45, 7) is 5.77. The largest absolute Gasteiger partial charge is 0.405 e. The van der Waals surface area contributed by atoms with E-state index in [1.807, 2.05) is 47.9 Å². The van der Waals surface area contributed by atoms with E-state index < -0.39 is 18.6 Å². The highest BCUT2D eigenvalue weighted by molar-refractivity contribution is 7.99. The van der Waals surface area contributed by atoms with Gasteiger partial charge >= 0.3 is 6.18 Å². The van der Waals surface area contributed by atoms with E-state index in [1.165, 1.54) is 23.4 Å². The van der Waals surface area contributed by atoms with Crippen molar-refractivity contribution < 1.29 is 18.0 Å². The number of aromatic nitrogens is 3. The molecule has 0 saturated carbocycles. The molecule has 2 aromatic heterocycles. The summed E-state index contributed by atoms with van der Waals surface area (Å²) in [6.07, 6.45) is 1.24. The summed E-state index contributed by atoms with van der Waals surface area (Å²) in [7, 11) is 0. The van der Waals surface area contributed by atoms with Crippen molar-refractivity contribution in [3.05, 3.63) is 83.3 Å². The molecular weight excluding hydrogens is 511 g/mol. The highest BCUT2D eigenvalue weighted by Gasteiger charge is 2.28. The third kappa shape index (κ3) is 7.23. The van der Waals surface area contributed by atoms with Crippen molar-refractivity contribution >= 4 is 40.7 Å². The quantitative estimate of drug-likeness (QED) is 0.244. The van der Waals surface area contributed by atoms with E-state index in [0.717, 1.165) is 46.8 Å². The van der Waals surface area contributed by atoms with Crippen LogP contribution in [0.5, 0.6) is 0 Å². The molecule has 38 heavy (non-hydrogen) atoms. The maximum atomic E-state index is 12.5. The van der Waals surface area contributed by atoms with Gasteiger partial charge in [-0.2, -0.15) is 18.3 Å². The zero-order valence-electron chi connectivity index (χ0n) is 21.0. The summed E-state index contributed by atoms with van der Waals surface area (Å²) in [5.41, 5.74) is 3.75. The van der Waals surface area contributed by atoms with E-state index in [2.05, 4.69) is 40.0 Å². The van der Waals surface area contributed by atoms with Gasteiger partial charge in [0.15, 0.2) is 0 Å². The van der Waals surface area contributed by atoms with Crippen LogP contribution in [0.15, 0.2) is 70.6 Å². The zero-order chi connectivity index (χ0) is 27.1. The van der Waals surface area contributed by atoms with Gasteiger partial charge in [-0.15, -0.1) is 0 Å². The normalized spacial score (nSPS) is 12.1. The Morgan fingerprint density at radius 2 is 1.87 bits per heavy atom. The zero-order valence-corrected chi connectivity index (χ0v) is 21.9. The number of hydrogen-bond acceptors (Lipinski definition) is 5. The van der Waals surface area contributed by atoms with E-state index in [-0.39, 0.29) is 5.56 Å². The number of benzene rings is 2. The molecule has 0 bridgehead atoms. The third-order valence-corrected chi connectivity index (χ3v) is 7.00. The molecule has 6 nitrogen and oxygen atoms in total. The Balaban J connectivity index is 1.46. The molecular formula is C28H28F3N5OS. The topological polar surface area (TPSA) is 73.9 Å². The van der Waals surface area contributed by atoms with Gasteiger partial charge < -0.3 is 5.32 Å². The molecule has 0 atom stereocenters. The van der Waals surface area contributed by atoms with Gasteiger partial charge in [0.05, 0.1) is 22.5 Å². The average Bonchev–Trinajstić information content (AvgIpc) is 3.32. The lowest BCUT2D eigenvalue weighted by atomic mass is 10.2. The second-order valence-corrected chi connectivity index (χ2v) is 9.71. The maximum Gasteiger partial charge on any atom is 0.405 e. The van der Waals surface area contributed by atoms with Crippen molar-refractivity contribution in [2.45, 2.75) is 36.4 Å². The van der Waals surface area contributed by atoms with Crippen LogP contribution in [0.4, 0.5) is 13.2 Å². The van der Waals surface area contributed by atoms with Gasteiger partial charge in [-0.25, -0.2) is 0 Å². The summed E-state index contributed by atoms with van der Waals surface area (Å²) < 4.78 is 37.6. The SMILES string of the molecule is CCN(CC)Cc1ccc(/C=C/c2n[nH]c3cc(Sc4ccccc4C(=O)NCC(F)(F)F)ccc23)nc1. The molecule has 2 aromatic carbocycles. The number of nitrogens with one attached hydrogen (secondary N) is 2. The second kappa shape index (κ2) is 12.3. The smallest absolute Gasteiger partial charge is 0.343 e. The van der Waals surface area contributed by atoms with Gasteiger partial charge in [0.2, 0.25) is 0 Å². The molecule has 0 saturated heterocycles. The molecule has 2 heterocycles. The number of hydrogen-bond donors (Lipinski definition) is 2. The van der Waals surface area contributed by atoms with Crippen LogP contribution in [0.25, 0.3) is 23.1 Å². The van der Waals surface area contributed by atoms with Crippen molar-refractivity contribution in [1.29, 1.82) is 0 Å². The Kier molecular flexibility index (Phi) is 8.85. The van der Waals surface area contributed by atoms with Crippen molar-refractivity contribution in [1.82, 2.24) is 25.4 Å². The fraction of sp³-hybridized carbons (Fsp3) is 0.250. The van der Waals surface area contributed by atoms with E-state index >= 15 is 0 Å². The van der Waals surface area contributed by atoms with Crippen LogP contribution in [-0.2, 0) is 6.54 Å². The van der Waals surface area contributed by atoms with Gasteiger partial charge in [-0.1, -0.05) is 43.8 Å². The molecule has 4 rings (SSSR count). The molecule has 2 N–H and O–H groups in total. The van der Waals surface area contributed by atoms with Gasteiger partial charge in [-0.3, -0.25) is 19.8 Å². The monoisotopic (exact) mass is 539 g/mol. The minimum absolute atomic E-state index is 0.186. The number of rotatable bonds is 10. The number of halogens is 3. The van der Waals surface area contributed by atoms with Gasteiger partial charge in [-0.05, 0) is 67.2 Å². The van der Waals surface area contributed by atoms with Crippen molar-refractivity contribution in [3.63, 3.8) is 0 Å². The summed E-state index contributed by atoms with van der Waals surface area (Å²) >= 11 is 1.30. The predicted molar refractivity (Wildman–Crippen MR) is 145 cm³/mol. The molecule has 198 valence electrons. The van der Waals surface area contributed by atoms with E-state index in [0.29, 0.717) is 4.90 Å². The third-order valence-electron chi connectivity index (χ3n) is 5.93. The summed E-state index contributed by atoms with van der Waals surface area (Å²) in [4.78, 5) is 20.6. The minimum atomic E-state index is -4.47. The Morgan fingerprint density at radius 3 is 2.58 bits per heavy atom. The number of H-pyrrole nitrogens is 1. The molecule has 0 aliphatic rings. The molecule has 1 amide bonds. The predicted octanol–water partition coefficient (Wildman–Crippen LogP) is 6.41. The van der Waals surface area contributed by atoms with Gasteiger partial charge in [0.25, 0.3) is 5.91 Å². The maximum absolute atomic E-state index is 12.5. The molecule has 0 unspecified atom stereocenters. The highest BCUT2D eigenvalue weighted by atomic mass is 32.2. The average molecular weight is 540 g/mol. The van der Waals surface area contributed by atoms with Crippen LogP contribution in [0.2, 0.25) is 0 Å². The number of nitrogens with zero attached hydrogens (tertiary/aromatic N) is 3. The van der Waals surface area contributed by atoms with Crippen molar-refractivity contribution in [3.8, 4) is 0 Å². The first kappa shape index (κ1) is 27.4. The molecule has 0 radical (unpaired) electrons. The van der Waals surface area contributed by atoms with Gasteiger partial charge in [0, 0.05) is 27.9 Å². The van der Waals surface area contributed by atoms with E-state index in [9.17, 15) is 18.0 Å². The fourth-order valence-corrected chi connectivity index (χ4v) is 4.84. The second-order valence-electron chi connectivity index (χ2n) is 8.60. The number of pyridine rings is 1. The van der Waals surface area contributed by atoms with Crippen LogP contribution in [-0.4, -0.2) is 51.8 Å². The van der Waals surface area contributed by atoms with Crippen molar-refractivity contribution in [2.24, 2.45) is 0 Å². The first-order valence-corrected chi connectivity index (χ1v) is 13.0. The Bertz CT molecular complexity index is 1410. The Morgan fingerprint density at radius 1 is 1.08 bits per heavy atom. The summed E-state index contributed by atoms with van der Waals surface area (Å²) in [6, 6.07) is 16.4. The molecule has 0 spiro atoms. The lowest BCUT2D eigenvalue weighted by Crippen LogP contribution is -2.33. The number of carbonyl (C=O) groups is 1. The number of aromatic amines is 1. The van der Waals surface area contributed by atoms with Gasteiger partial charge in [0.1, 0.15) is 6.54 Å². The molecule has 0 aliphatic heterocycles. The lowest BCUT2D eigenvalue weighted by Gasteiger charge is -2.17. The van der Waals surface area contributed by atoms with Crippen LogP contribution >= 0.6 is 11.8 Å². The van der Waals surface area contributed by atoms with Crippen LogP contribution < -0.4 is 5.32 Å². The minimum Gasteiger partial charge on any atom is -0.343 e. The summed E-state index contributed by atoms with van der Waals surface area (Å²) in [5, 5.41) is 10.3. The standard InChI is InChI=1S/C28H28F3N5OS/c1-3-36(4-2)17-19-9-10-20(32-16-19)11-14-24-22-13-12-21(15-25(22)35-34-24)38-26-8-6-5-7-23(26)27(37)33-18-28(29,30)31/h5-16H,3-4,17-18H2,1-2H3,(H,33,37)(H,34,35)/b14-11+. The van der Waals surface area contributed by atoms with Crippen molar-refractivity contribution in [2.75, 3.05) is 19.6 Å². The lowest BCUT2D eigenvalue weighted by molar-refractivity contribution is -0.123. The van der Waals surface area contributed by atoms with E-state index in [1.54, 1.807) is 18.2 Å². The number of amides is 1. The van der Waals surface area contributed by atoms with Crippen LogP contribution in [0.1, 0.15) is 41.2 Å². The number of carbonyl (C=O) groups excluding carboxylic acids is 1. The first-order valence-electron chi connectivity index (χ1n) is 12.2. The molecule has 10 heteroatoms. The Labute approximate surface area is 223 Å². The number of alkyl halides is 3. The first-order chi connectivity index (χ1) is 18.3. The molecule has 0 aliphatic carbocycles. The van der Waals surface area contributed by atoms with E-state index in [4.69, 9.17) is 0 Å². The summed E-state index contributed by atoms with van der Waals surface area (Å²) in [5.74, 6) is -0.768. The van der Waals surface area contributed by atoms with Crippen LogP contribution in [0.3, 0.4) is 0 Å². The highest BCUT2D eigenvalue weighted by Crippen LogP contribution is 2.33.